The molecule has 0 fully saturated rings. The maximum absolute atomic E-state index is 11.2. The third-order valence-corrected chi connectivity index (χ3v) is 6.10. The summed E-state index contributed by atoms with van der Waals surface area (Å²) < 4.78 is 11.2. The van der Waals surface area contributed by atoms with E-state index in [9.17, 15) is 9.59 Å². The molecule has 0 N–H and O–H groups in total. The second kappa shape index (κ2) is 13.3. The van der Waals surface area contributed by atoms with Crippen LogP contribution in [-0.4, -0.2) is 22.6 Å². The minimum atomic E-state index is -0.129. The van der Waals surface area contributed by atoms with Crippen molar-refractivity contribution in [2.75, 3.05) is 12.4 Å². The number of ether oxygens (including phenoxy) is 2. The van der Waals surface area contributed by atoms with Crippen molar-refractivity contribution in [3.05, 3.63) is 110 Å². The van der Waals surface area contributed by atoms with Crippen molar-refractivity contribution < 1.29 is 19.1 Å². The van der Waals surface area contributed by atoms with Crippen LogP contribution in [0.1, 0.15) is 0 Å². The smallest absolute Gasteiger partial charge is 0.215 e. The molecule has 3 aromatic carbocycles. The zero-order valence-corrected chi connectivity index (χ0v) is 20.1. The van der Waals surface area contributed by atoms with Gasteiger partial charge in [-0.15, -0.1) is 0 Å². The van der Waals surface area contributed by atoms with Crippen LogP contribution in [0, 0.1) is 0 Å². The van der Waals surface area contributed by atoms with Gasteiger partial charge in [-0.05, 0) is 58.7 Å². The van der Waals surface area contributed by atoms with Crippen molar-refractivity contribution >= 4 is 33.8 Å². The van der Waals surface area contributed by atoms with Crippen molar-refractivity contribution in [3.8, 4) is 33.8 Å². The molecule has 0 aromatic heterocycles. The van der Waals surface area contributed by atoms with E-state index >= 15 is 0 Å². The highest BCUT2D eigenvalue weighted by Gasteiger charge is 2.03. The fraction of sp³-hybridized carbons (Fsp3) is 0.0714. The molecule has 34 heavy (non-hydrogen) atoms. The monoisotopic (exact) mass is 488 g/mol. The molecular formula is C28H24O4S2. The Hall–Kier alpha value is -3.48. The Morgan fingerprint density at radius 2 is 1.18 bits per heavy atom. The number of benzene rings is 3. The van der Waals surface area contributed by atoms with Gasteiger partial charge < -0.3 is 9.47 Å². The molecule has 0 aliphatic heterocycles. The maximum atomic E-state index is 11.2. The molecule has 0 saturated carbocycles. The summed E-state index contributed by atoms with van der Waals surface area (Å²) in [4.78, 5) is 22.3. The van der Waals surface area contributed by atoms with Crippen LogP contribution >= 0.6 is 23.5 Å². The van der Waals surface area contributed by atoms with Crippen LogP contribution in [0.3, 0.4) is 0 Å². The minimum absolute atomic E-state index is 0.0448. The maximum Gasteiger partial charge on any atom is 0.215 e. The van der Waals surface area contributed by atoms with E-state index in [0.29, 0.717) is 18.1 Å². The first-order valence-corrected chi connectivity index (χ1v) is 12.3. The van der Waals surface area contributed by atoms with E-state index in [-0.39, 0.29) is 10.2 Å². The molecule has 0 spiro atoms. The molecule has 0 heterocycles. The number of thioether (sulfide) groups is 2. The fourth-order valence-electron chi connectivity index (χ4n) is 2.93. The topological polar surface area (TPSA) is 52.6 Å². The Labute approximate surface area is 208 Å². The average molecular weight is 489 g/mol. The molecule has 3 aromatic rings. The number of rotatable bonds is 11. The number of carbonyl (C=O) groups is 2. The zero-order valence-electron chi connectivity index (χ0n) is 18.5. The molecular weight excluding hydrogens is 464 g/mol. The van der Waals surface area contributed by atoms with Gasteiger partial charge in [-0.3, -0.25) is 9.59 Å². The first-order chi connectivity index (χ1) is 16.6. The predicted molar refractivity (Wildman–Crippen MR) is 143 cm³/mol. The fourth-order valence-corrected chi connectivity index (χ4v) is 3.76. The van der Waals surface area contributed by atoms with Gasteiger partial charge in [0.05, 0.1) is 12.9 Å². The molecule has 3 rings (SSSR count). The normalized spacial score (nSPS) is 10.6. The first-order valence-electron chi connectivity index (χ1n) is 10.5. The van der Waals surface area contributed by atoms with Crippen LogP contribution in [-0.2, 0) is 9.59 Å². The highest BCUT2D eigenvalue weighted by Crippen LogP contribution is 2.27. The van der Waals surface area contributed by atoms with Gasteiger partial charge in [-0.2, -0.15) is 0 Å². The van der Waals surface area contributed by atoms with Gasteiger partial charge in [0, 0.05) is 11.2 Å². The summed E-state index contributed by atoms with van der Waals surface area (Å²) in [5.41, 5.74) is 4.39. The summed E-state index contributed by atoms with van der Waals surface area (Å²) in [5, 5.41) is 1.41. The molecule has 0 amide bonds. The standard InChI is InChI=1S/C28H24O4S2/c1-3-27(29)33-19-17-31-25-13-9-23(10-14-25)21-5-7-22(8-6-21)24-11-15-26(16-12-24)32-18-20-34-28(30)4-2/h3-17,19H,1-2,18,20H2. The first kappa shape index (κ1) is 25.1. The SMILES string of the molecule is C=CC(=O)SC=COc1ccc(-c2ccc(-c3ccc(OCCSC(=O)C=C)cc3)cc2)cc1. The zero-order chi connectivity index (χ0) is 24.2. The van der Waals surface area contributed by atoms with Gasteiger partial charge in [-0.25, -0.2) is 0 Å². The van der Waals surface area contributed by atoms with Crippen molar-refractivity contribution in [2.24, 2.45) is 0 Å². The van der Waals surface area contributed by atoms with E-state index in [1.807, 2.05) is 48.5 Å². The van der Waals surface area contributed by atoms with Crippen molar-refractivity contribution in [1.82, 2.24) is 0 Å². The van der Waals surface area contributed by atoms with E-state index in [2.05, 4.69) is 37.4 Å². The molecule has 0 aliphatic carbocycles. The van der Waals surface area contributed by atoms with Crippen LogP contribution in [0.15, 0.2) is 110 Å². The molecule has 0 bridgehead atoms. The van der Waals surface area contributed by atoms with Crippen LogP contribution in [0.4, 0.5) is 0 Å². The quantitative estimate of drug-likeness (QED) is 0.162. The van der Waals surface area contributed by atoms with Crippen molar-refractivity contribution in [1.29, 1.82) is 0 Å². The Bertz CT molecular complexity index is 1150. The van der Waals surface area contributed by atoms with Gasteiger partial charge in [0.2, 0.25) is 10.2 Å². The van der Waals surface area contributed by atoms with Gasteiger partial charge in [-0.1, -0.05) is 85.2 Å². The second-order valence-corrected chi connectivity index (χ2v) is 8.89. The predicted octanol–water partition coefficient (Wildman–Crippen LogP) is 7.14. The highest BCUT2D eigenvalue weighted by molar-refractivity contribution is 8.16. The lowest BCUT2D eigenvalue weighted by Crippen LogP contribution is -2.01. The minimum Gasteiger partial charge on any atom is -0.493 e. The van der Waals surface area contributed by atoms with Gasteiger partial charge in [0.15, 0.2) is 0 Å². The van der Waals surface area contributed by atoms with E-state index in [0.717, 1.165) is 39.8 Å². The van der Waals surface area contributed by atoms with E-state index < -0.39 is 0 Å². The lowest BCUT2D eigenvalue weighted by molar-refractivity contribution is -0.107. The highest BCUT2D eigenvalue weighted by atomic mass is 32.2. The number of carbonyl (C=O) groups excluding carboxylic acids is 2. The second-order valence-electron chi connectivity index (χ2n) is 6.88. The number of hydrogen-bond acceptors (Lipinski definition) is 6. The van der Waals surface area contributed by atoms with E-state index in [4.69, 9.17) is 9.47 Å². The lowest BCUT2D eigenvalue weighted by Gasteiger charge is -2.08. The van der Waals surface area contributed by atoms with Gasteiger partial charge in [0.1, 0.15) is 11.5 Å². The summed E-state index contributed by atoms with van der Waals surface area (Å²) in [7, 11) is 0. The molecule has 0 aliphatic rings. The summed E-state index contributed by atoms with van der Waals surface area (Å²) in [6, 6.07) is 24.0. The molecule has 0 atom stereocenters. The lowest BCUT2D eigenvalue weighted by atomic mass is 10.0. The average Bonchev–Trinajstić information content (AvgIpc) is 2.89. The molecule has 6 heteroatoms. The van der Waals surface area contributed by atoms with Gasteiger partial charge >= 0.3 is 0 Å². The number of hydrogen-bond donors (Lipinski definition) is 0. The summed E-state index contributed by atoms with van der Waals surface area (Å²) in [6.07, 6.45) is 4.05. The molecule has 0 unspecified atom stereocenters. The van der Waals surface area contributed by atoms with Crippen LogP contribution in [0.2, 0.25) is 0 Å². The third-order valence-electron chi connectivity index (χ3n) is 4.63. The van der Waals surface area contributed by atoms with E-state index in [1.54, 1.807) is 5.41 Å². The Balaban J connectivity index is 1.54. The molecule has 0 radical (unpaired) electrons. The van der Waals surface area contributed by atoms with Gasteiger partial charge in [0.25, 0.3) is 0 Å². The summed E-state index contributed by atoms with van der Waals surface area (Å²) in [5.74, 6) is 2.06. The van der Waals surface area contributed by atoms with Crippen LogP contribution in [0.5, 0.6) is 11.5 Å². The van der Waals surface area contributed by atoms with E-state index in [1.165, 1.54) is 30.2 Å². The molecule has 172 valence electrons. The Kier molecular flexibility index (Phi) is 9.82. The Morgan fingerprint density at radius 3 is 1.68 bits per heavy atom. The van der Waals surface area contributed by atoms with Crippen LogP contribution < -0.4 is 9.47 Å². The summed E-state index contributed by atoms with van der Waals surface area (Å²) in [6.45, 7) is 7.34. The van der Waals surface area contributed by atoms with Crippen molar-refractivity contribution in [2.45, 2.75) is 0 Å². The Morgan fingerprint density at radius 1 is 0.706 bits per heavy atom. The molecule has 0 saturated heterocycles. The third kappa shape index (κ3) is 7.83. The summed E-state index contributed by atoms with van der Waals surface area (Å²) >= 11 is 2.21. The van der Waals surface area contributed by atoms with Crippen LogP contribution in [0.25, 0.3) is 22.3 Å². The van der Waals surface area contributed by atoms with Crippen molar-refractivity contribution in [3.63, 3.8) is 0 Å². The largest absolute Gasteiger partial charge is 0.493 e. The molecule has 4 nitrogen and oxygen atoms in total.